The van der Waals surface area contributed by atoms with Crippen molar-refractivity contribution in [1.82, 2.24) is 0 Å². The van der Waals surface area contributed by atoms with Crippen LogP contribution in [-0.2, 0) is 14.3 Å². The van der Waals surface area contributed by atoms with Gasteiger partial charge in [-0.2, -0.15) is 0 Å². The van der Waals surface area contributed by atoms with Gasteiger partial charge in [-0.05, 0) is 32.0 Å². The molecule has 1 aromatic rings. The van der Waals surface area contributed by atoms with E-state index >= 15 is 0 Å². The second-order valence-corrected chi connectivity index (χ2v) is 6.19. The minimum Gasteiger partial charge on any atom is -0.369 e. The first kappa shape index (κ1) is 17.2. The summed E-state index contributed by atoms with van der Waals surface area (Å²) in [5.41, 5.74) is 0.807. The summed E-state index contributed by atoms with van der Waals surface area (Å²) in [5, 5.41) is 5.56. The molecule has 5 nitrogen and oxygen atoms in total. The maximum absolute atomic E-state index is 11.9. The molecule has 0 aliphatic rings. The van der Waals surface area contributed by atoms with Crippen LogP contribution in [0.5, 0.6) is 0 Å². The zero-order chi connectivity index (χ0) is 16.0. The summed E-state index contributed by atoms with van der Waals surface area (Å²) < 4.78 is 5.23. The third kappa shape index (κ3) is 6.40. The average molecular weight is 292 g/mol. The molecule has 0 atom stereocenters. The summed E-state index contributed by atoms with van der Waals surface area (Å²) in [6, 6.07) is 7.04. The van der Waals surface area contributed by atoms with E-state index in [0.29, 0.717) is 11.4 Å². The highest BCUT2D eigenvalue weighted by molar-refractivity contribution is 5.96. The lowest BCUT2D eigenvalue weighted by Gasteiger charge is -2.18. The zero-order valence-electron chi connectivity index (χ0n) is 13.3. The van der Waals surface area contributed by atoms with Crippen molar-refractivity contribution >= 4 is 23.2 Å². The lowest BCUT2D eigenvalue weighted by atomic mass is 9.95. The third-order valence-corrected chi connectivity index (χ3v) is 2.63. The number of anilines is 2. The van der Waals surface area contributed by atoms with Crippen LogP contribution in [0.15, 0.2) is 24.3 Å². The maximum Gasteiger partial charge on any atom is 0.250 e. The SMILES string of the molecule is CC(C)OCC(=O)Nc1cccc(NC(=O)C(C)(C)C)c1. The quantitative estimate of drug-likeness (QED) is 0.876. The van der Waals surface area contributed by atoms with E-state index in [1.54, 1.807) is 24.3 Å². The van der Waals surface area contributed by atoms with Crippen LogP contribution in [0.3, 0.4) is 0 Å². The van der Waals surface area contributed by atoms with Crippen LogP contribution < -0.4 is 10.6 Å². The van der Waals surface area contributed by atoms with E-state index in [1.165, 1.54) is 0 Å². The molecule has 1 aromatic carbocycles. The molecular weight excluding hydrogens is 268 g/mol. The van der Waals surface area contributed by atoms with Crippen LogP contribution in [0, 0.1) is 5.41 Å². The third-order valence-electron chi connectivity index (χ3n) is 2.63. The summed E-state index contributed by atoms with van der Waals surface area (Å²) in [7, 11) is 0. The normalized spacial score (nSPS) is 11.3. The Bertz CT molecular complexity index is 504. The molecule has 0 fully saturated rings. The van der Waals surface area contributed by atoms with Crippen molar-refractivity contribution in [1.29, 1.82) is 0 Å². The first-order chi connectivity index (χ1) is 9.68. The van der Waals surface area contributed by atoms with Crippen LogP contribution in [0.4, 0.5) is 11.4 Å². The Kier molecular flexibility index (Phi) is 5.90. The lowest BCUT2D eigenvalue weighted by Crippen LogP contribution is -2.27. The fourth-order valence-corrected chi connectivity index (χ4v) is 1.43. The molecule has 5 heteroatoms. The molecule has 0 saturated carbocycles. The fraction of sp³-hybridized carbons (Fsp3) is 0.500. The summed E-state index contributed by atoms with van der Waals surface area (Å²) in [6.07, 6.45) is 0.00755. The highest BCUT2D eigenvalue weighted by Crippen LogP contribution is 2.19. The number of carbonyl (C=O) groups is 2. The van der Waals surface area contributed by atoms with Gasteiger partial charge in [0.05, 0.1) is 6.10 Å². The van der Waals surface area contributed by atoms with Crippen LogP contribution >= 0.6 is 0 Å². The second-order valence-electron chi connectivity index (χ2n) is 6.19. The van der Waals surface area contributed by atoms with E-state index in [1.807, 2.05) is 34.6 Å². The zero-order valence-corrected chi connectivity index (χ0v) is 13.3. The van der Waals surface area contributed by atoms with Gasteiger partial charge in [0, 0.05) is 16.8 Å². The Morgan fingerprint density at radius 2 is 1.71 bits per heavy atom. The van der Waals surface area contributed by atoms with E-state index in [0.717, 1.165) is 0 Å². The van der Waals surface area contributed by atoms with Gasteiger partial charge in [-0.25, -0.2) is 0 Å². The first-order valence-electron chi connectivity index (χ1n) is 7.01. The van der Waals surface area contributed by atoms with Gasteiger partial charge in [-0.3, -0.25) is 9.59 Å². The number of benzene rings is 1. The molecule has 0 aromatic heterocycles. The summed E-state index contributed by atoms with van der Waals surface area (Å²) in [4.78, 5) is 23.6. The van der Waals surface area contributed by atoms with Crippen LogP contribution in [0.25, 0.3) is 0 Å². The topological polar surface area (TPSA) is 67.4 Å². The van der Waals surface area contributed by atoms with Gasteiger partial charge < -0.3 is 15.4 Å². The molecule has 0 bridgehead atoms. The molecule has 0 radical (unpaired) electrons. The van der Waals surface area contributed by atoms with E-state index in [-0.39, 0.29) is 24.5 Å². The van der Waals surface area contributed by atoms with Gasteiger partial charge in [-0.1, -0.05) is 26.8 Å². The summed E-state index contributed by atoms with van der Waals surface area (Å²) in [6.45, 7) is 9.29. The maximum atomic E-state index is 11.9. The fourth-order valence-electron chi connectivity index (χ4n) is 1.43. The molecule has 0 aliphatic carbocycles. The average Bonchev–Trinajstić information content (AvgIpc) is 2.35. The van der Waals surface area contributed by atoms with Crippen molar-refractivity contribution in [2.45, 2.75) is 40.7 Å². The Morgan fingerprint density at radius 3 is 2.24 bits per heavy atom. The molecule has 1 rings (SSSR count). The van der Waals surface area contributed by atoms with E-state index in [4.69, 9.17) is 4.74 Å². The lowest BCUT2D eigenvalue weighted by molar-refractivity contribution is -0.123. The van der Waals surface area contributed by atoms with Crippen molar-refractivity contribution in [2.24, 2.45) is 5.41 Å². The molecule has 0 heterocycles. The Hall–Kier alpha value is -1.88. The minimum absolute atomic E-state index is 0.00755. The number of nitrogens with one attached hydrogen (secondary N) is 2. The van der Waals surface area contributed by atoms with Crippen LogP contribution in [-0.4, -0.2) is 24.5 Å². The standard InChI is InChI=1S/C16H24N2O3/c1-11(2)21-10-14(19)17-12-7-6-8-13(9-12)18-15(20)16(3,4)5/h6-9,11H,10H2,1-5H3,(H,17,19)(H,18,20). The molecule has 2 N–H and O–H groups in total. The van der Waals surface area contributed by atoms with E-state index in [9.17, 15) is 9.59 Å². The van der Waals surface area contributed by atoms with Gasteiger partial charge in [0.2, 0.25) is 11.8 Å². The molecule has 21 heavy (non-hydrogen) atoms. The number of hydrogen-bond donors (Lipinski definition) is 2. The Labute approximate surface area is 126 Å². The van der Waals surface area contributed by atoms with Gasteiger partial charge in [-0.15, -0.1) is 0 Å². The second kappa shape index (κ2) is 7.22. The summed E-state index contributed by atoms with van der Waals surface area (Å²) in [5.74, 6) is -0.294. The van der Waals surface area contributed by atoms with Gasteiger partial charge in [0.1, 0.15) is 6.61 Å². The van der Waals surface area contributed by atoms with Crippen molar-refractivity contribution < 1.29 is 14.3 Å². The largest absolute Gasteiger partial charge is 0.369 e. The first-order valence-corrected chi connectivity index (χ1v) is 7.01. The van der Waals surface area contributed by atoms with Crippen molar-refractivity contribution in [3.05, 3.63) is 24.3 Å². The molecule has 116 valence electrons. The van der Waals surface area contributed by atoms with Crippen molar-refractivity contribution in [3.8, 4) is 0 Å². The van der Waals surface area contributed by atoms with Crippen molar-refractivity contribution in [2.75, 3.05) is 17.2 Å². The monoisotopic (exact) mass is 292 g/mol. The molecule has 2 amide bonds. The van der Waals surface area contributed by atoms with Gasteiger partial charge >= 0.3 is 0 Å². The van der Waals surface area contributed by atoms with E-state index < -0.39 is 5.41 Å². The molecule has 0 unspecified atom stereocenters. The van der Waals surface area contributed by atoms with E-state index in [2.05, 4.69) is 10.6 Å². The van der Waals surface area contributed by atoms with Crippen LogP contribution in [0.2, 0.25) is 0 Å². The molecule has 0 saturated heterocycles. The smallest absolute Gasteiger partial charge is 0.250 e. The highest BCUT2D eigenvalue weighted by atomic mass is 16.5. The number of rotatable bonds is 5. The minimum atomic E-state index is -0.468. The number of amides is 2. The van der Waals surface area contributed by atoms with Crippen LogP contribution in [0.1, 0.15) is 34.6 Å². The summed E-state index contributed by atoms with van der Waals surface area (Å²) >= 11 is 0. The molecular formula is C16H24N2O3. The number of ether oxygens (including phenoxy) is 1. The highest BCUT2D eigenvalue weighted by Gasteiger charge is 2.21. The molecule has 0 aliphatic heterocycles. The Balaban J connectivity index is 2.64. The predicted octanol–water partition coefficient (Wildman–Crippen LogP) is 3.03. The van der Waals surface area contributed by atoms with Crippen molar-refractivity contribution in [3.63, 3.8) is 0 Å². The van der Waals surface area contributed by atoms with Gasteiger partial charge in [0.15, 0.2) is 0 Å². The predicted molar refractivity (Wildman–Crippen MR) is 84.2 cm³/mol. The van der Waals surface area contributed by atoms with Gasteiger partial charge in [0.25, 0.3) is 0 Å². The molecule has 0 spiro atoms. The number of carbonyl (C=O) groups excluding carboxylic acids is 2. The Morgan fingerprint density at radius 1 is 1.14 bits per heavy atom. The number of hydrogen-bond acceptors (Lipinski definition) is 3.